The first-order valence-corrected chi connectivity index (χ1v) is 6.81. The number of rotatable bonds is 2. The zero-order valence-electron chi connectivity index (χ0n) is 11.0. The minimum absolute atomic E-state index is 0.0933. The van der Waals surface area contributed by atoms with E-state index in [9.17, 15) is 13.2 Å². The van der Waals surface area contributed by atoms with E-state index in [0.717, 1.165) is 25.9 Å². The second kappa shape index (κ2) is 5.98. The lowest BCUT2D eigenvalue weighted by atomic mass is 10.1. The van der Waals surface area contributed by atoms with Crippen molar-refractivity contribution >= 4 is 5.96 Å². The summed E-state index contributed by atoms with van der Waals surface area (Å²) in [6.45, 7) is 1.78. The fourth-order valence-electron chi connectivity index (χ4n) is 2.71. The number of hydrogen-bond acceptors (Lipinski definition) is 2. The highest BCUT2D eigenvalue weighted by molar-refractivity contribution is 5.78. The predicted octanol–water partition coefficient (Wildman–Crippen LogP) is 1.42. The van der Waals surface area contributed by atoms with Gasteiger partial charge in [-0.1, -0.05) is 0 Å². The van der Waals surface area contributed by atoms with E-state index in [0.29, 0.717) is 25.5 Å². The van der Waals surface area contributed by atoms with Gasteiger partial charge in [-0.25, -0.2) is 4.99 Å². The van der Waals surface area contributed by atoms with Crippen LogP contribution >= 0.6 is 0 Å². The molecule has 2 heterocycles. The summed E-state index contributed by atoms with van der Waals surface area (Å²) in [5.74, 6) is 0.499. The Morgan fingerprint density at radius 2 is 1.84 bits per heavy atom. The largest absolute Gasteiger partial charge is 0.401 e. The summed E-state index contributed by atoms with van der Waals surface area (Å²) in [4.78, 5) is 7.83. The van der Waals surface area contributed by atoms with Crippen molar-refractivity contribution in [3.05, 3.63) is 0 Å². The lowest BCUT2D eigenvalue weighted by molar-refractivity contribution is -0.143. The first-order chi connectivity index (χ1) is 8.94. The van der Waals surface area contributed by atoms with Crippen molar-refractivity contribution in [3.8, 4) is 0 Å². The van der Waals surface area contributed by atoms with Crippen molar-refractivity contribution in [1.82, 2.24) is 9.80 Å². The molecule has 2 saturated heterocycles. The van der Waals surface area contributed by atoms with Crippen LogP contribution in [0.2, 0.25) is 0 Å². The summed E-state index contributed by atoms with van der Waals surface area (Å²) >= 11 is 0. The molecule has 2 aliphatic rings. The number of aliphatic imine (C=N–C) groups is 1. The maximum atomic E-state index is 12.3. The molecule has 19 heavy (non-hydrogen) atoms. The van der Waals surface area contributed by atoms with E-state index in [1.165, 1.54) is 11.3 Å². The predicted molar refractivity (Wildman–Crippen MR) is 67.9 cm³/mol. The van der Waals surface area contributed by atoms with E-state index in [2.05, 4.69) is 4.99 Å². The quantitative estimate of drug-likeness (QED) is 0.614. The molecule has 0 bridgehead atoms. The Kier molecular flexibility index (Phi) is 4.54. The van der Waals surface area contributed by atoms with Crippen LogP contribution in [0.5, 0.6) is 0 Å². The molecule has 2 aliphatic heterocycles. The highest BCUT2D eigenvalue weighted by Crippen LogP contribution is 2.21. The van der Waals surface area contributed by atoms with Gasteiger partial charge in [0.2, 0.25) is 0 Å². The Morgan fingerprint density at radius 3 is 2.47 bits per heavy atom. The Morgan fingerprint density at radius 1 is 1.16 bits per heavy atom. The molecule has 2 rings (SSSR count). The molecule has 4 nitrogen and oxygen atoms in total. The van der Waals surface area contributed by atoms with Crippen molar-refractivity contribution in [2.45, 2.75) is 37.9 Å². The van der Waals surface area contributed by atoms with Gasteiger partial charge in [-0.05, 0) is 25.7 Å². The first-order valence-electron chi connectivity index (χ1n) is 6.81. The maximum absolute atomic E-state index is 12.3. The molecule has 0 amide bonds. The molecule has 0 aromatic rings. The number of hydrogen-bond donors (Lipinski definition) is 1. The van der Waals surface area contributed by atoms with Crippen molar-refractivity contribution in [2.75, 3.05) is 32.7 Å². The molecule has 110 valence electrons. The summed E-state index contributed by atoms with van der Waals surface area (Å²) in [6, 6.07) is -0.0933. The summed E-state index contributed by atoms with van der Waals surface area (Å²) in [6.07, 6.45) is -0.0314. The molecule has 0 spiro atoms. The summed E-state index contributed by atoms with van der Waals surface area (Å²) < 4.78 is 36.8. The van der Waals surface area contributed by atoms with Crippen LogP contribution in [0.1, 0.15) is 25.7 Å². The van der Waals surface area contributed by atoms with E-state index >= 15 is 0 Å². The van der Waals surface area contributed by atoms with Crippen molar-refractivity contribution < 1.29 is 13.2 Å². The van der Waals surface area contributed by atoms with E-state index < -0.39 is 12.7 Å². The molecule has 0 aliphatic carbocycles. The van der Waals surface area contributed by atoms with Crippen LogP contribution in [0, 0.1) is 0 Å². The Labute approximate surface area is 111 Å². The Bertz CT molecular complexity index is 323. The van der Waals surface area contributed by atoms with E-state index in [1.54, 1.807) is 0 Å². The van der Waals surface area contributed by atoms with Gasteiger partial charge in [0, 0.05) is 26.2 Å². The molecule has 0 aromatic heterocycles. The van der Waals surface area contributed by atoms with Gasteiger partial charge in [-0.2, -0.15) is 13.2 Å². The highest BCUT2D eigenvalue weighted by atomic mass is 19.4. The lowest BCUT2D eigenvalue weighted by Gasteiger charge is -2.28. The van der Waals surface area contributed by atoms with Crippen LogP contribution in [-0.4, -0.2) is 60.7 Å². The SMILES string of the molecule is NC(=N[C@@H]1CCN(CC(F)(F)F)C1)N1CCCCC1. The number of guanidine groups is 1. The van der Waals surface area contributed by atoms with Crippen LogP contribution in [0.25, 0.3) is 0 Å². The number of nitrogens with zero attached hydrogens (tertiary/aromatic N) is 3. The topological polar surface area (TPSA) is 44.9 Å². The van der Waals surface area contributed by atoms with Gasteiger partial charge in [0.05, 0.1) is 12.6 Å². The van der Waals surface area contributed by atoms with E-state index in [-0.39, 0.29) is 6.04 Å². The molecular formula is C12H21F3N4. The van der Waals surface area contributed by atoms with Gasteiger partial charge < -0.3 is 10.6 Å². The third kappa shape index (κ3) is 4.56. The molecule has 0 aromatic carbocycles. The van der Waals surface area contributed by atoms with Crippen LogP contribution in [-0.2, 0) is 0 Å². The molecule has 0 radical (unpaired) electrons. The second-order valence-corrected chi connectivity index (χ2v) is 5.33. The van der Waals surface area contributed by atoms with Gasteiger partial charge in [-0.15, -0.1) is 0 Å². The summed E-state index contributed by atoms with van der Waals surface area (Å²) in [5.41, 5.74) is 5.94. The van der Waals surface area contributed by atoms with Gasteiger partial charge in [0.1, 0.15) is 0 Å². The highest BCUT2D eigenvalue weighted by Gasteiger charge is 2.34. The van der Waals surface area contributed by atoms with Crippen LogP contribution in [0.3, 0.4) is 0 Å². The molecule has 0 saturated carbocycles. The van der Waals surface area contributed by atoms with Gasteiger partial charge in [0.15, 0.2) is 5.96 Å². The minimum atomic E-state index is -4.13. The summed E-state index contributed by atoms with van der Waals surface area (Å²) in [5, 5.41) is 0. The molecule has 1 atom stereocenters. The van der Waals surface area contributed by atoms with Crippen LogP contribution in [0.4, 0.5) is 13.2 Å². The number of halogens is 3. The number of alkyl halides is 3. The van der Waals surface area contributed by atoms with Crippen LogP contribution in [0.15, 0.2) is 4.99 Å². The van der Waals surface area contributed by atoms with Gasteiger partial charge in [-0.3, -0.25) is 4.90 Å². The van der Waals surface area contributed by atoms with E-state index in [1.807, 2.05) is 4.90 Å². The van der Waals surface area contributed by atoms with Gasteiger partial charge >= 0.3 is 6.18 Å². The average molecular weight is 278 g/mol. The second-order valence-electron chi connectivity index (χ2n) is 5.33. The number of nitrogens with two attached hydrogens (primary N) is 1. The van der Waals surface area contributed by atoms with Crippen molar-refractivity contribution in [1.29, 1.82) is 0 Å². The summed E-state index contributed by atoms with van der Waals surface area (Å²) in [7, 11) is 0. The van der Waals surface area contributed by atoms with Crippen molar-refractivity contribution in [2.24, 2.45) is 10.7 Å². The lowest BCUT2D eigenvalue weighted by Crippen LogP contribution is -2.41. The Balaban J connectivity index is 1.83. The first kappa shape index (κ1) is 14.4. The van der Waals surface area contributed by atoms with Crippen molar-refractivity contribution in [3.63, 3.8) is 0 Å². The standard InChI is InChI=1S/C12H21F3N4/c13-12(14,15)9-18-7-4-10(8-18)17-11(16)19-5-2-1-3-6-19/h10H,1-9H2,(H2,16,17)/t10-/m1/s1. The monoisotopic (exact) mass is 278 g/mol. The average Bonchev–Trinajstić information content (AvgIpc) is 2.75. The van der Waals surface area contributed by atoms with Gasteiger partial charge in [0.25, 0.3) is 0 Å². The number of likely N-dealkylation sites (tertiary alicyclic amines) is 2. The van der Waals surface area contributed by atoms with Crippen LogP contribution < -0.4 is 5.73 Å². The number of piperidine rings is 1. The zero-order chi connectivity index (χ0) is 13.9. The third-order valence-electron chi connectivity index (χ3n) is 3.65. The normalized spacial score (nSPS) is 27.0. The maximum Gasteiger partial charge on any atom is 0.401 e. The molecule has 0 unspecified atom stereocenters. The molecule has 7 heteroatoms. The fourth-order valence-corrected chi connectivity index (χ4v) is 2.71. The zero-order valence-corrected chi connectivity index (χ0v) is 11.0. The molecule has 2 fully saturated rings. The fraction of sp³-hybridized carbons (Fsp3) is 0.917. The molecule has 2 N–H and O–H groups in total. The van der Waals surface area contributed by atoms with E-state index in [4.69, 9.17) is 5.73 Å². The smallest absolute Gasteiger partial charge is 0.370 e. The Hall–Kier alpha value is -0.980. The molecular weight excluding hydrogens is 257 g/mol. The minimum Gasteiger partial charge on any atom is -0.370 e. The third-order valence-corrected chi connectivity index (χ3v) is 3.65.